The number of hydrogen-bond donors (Lipinski definition) is 1. The molecule has 0 unspecified atom stereocenters. The number of rotatable bonds is 2. The summed E-state index contributed by atoms with van der Waals surface area (Å²) in [6.45, 7) is 1.68. The van der Waals surface area contributed by atoms with Crippen molar-refractivity contribution in [3.8, 4) is 11.6 Å². The van der Waals surface area contributed by atoms with Crippen LogP contribution in [0.15, 0.2) is 30.6 Å². The van der Waals surface area contributed by atoms with Crippen molar-refractivity contribution in [2.75, 3.05) is 5.73 Å². The summed E-state index contributed by atoms with van der Waals surface area (Å²) in [7, 11) is 0. The third-order valence-corrected chi connectivity index (χ3v) is 2.30. The van der Waals surface area contributed by atoms with Crippen molar-refractivity contribution in [1.82, 2.24) is 9.97 Å². The van der Waals surface area contributed by atoms with Gasteiger partial charge in [-0.3, -0.25) is 0 Å². The summed E-state index contributed by atoms with van der Waals surface area (Å²) in [5.74, 6) is -0.303. The largest absolute Gasteiger partial charge is 0.438 e. The Hall–Kier alpha value is -2.31. The Bertz CT molecular complexity index is 599. The van der Waals surface area contributed by atoms with Crippen LogP contribution < -0.4 is 10.5 Å². The molecule has 7 heteroatoms. The van der Waals surface area contributed by atoms with Crippen LogP contribution in [0.1, 0.15) is 11.3 Å². The molecule has 4 nitrogen and oxygen atoms in total. The summed E-state index contributed by atoms with van der Waals surface area (Å²) in [5, 5.41) is 0. The lowest BCUT2D eigenvalue weighted by atomic mass is 10.1. The minimum atomic E-state index is -4.55. The lowest BCUT2D eigenvalue weighted by Crippen LogP contribution is -2.08. The van der Waals surface area contributed by atoms with Gasteiger partial charge in [-0.25, -0.2) is 9.97 Å². The van der Waals surface area contributed by atoms with E-state index in [0.29, 0.717) is 5.69 Å². The number of nitrogens with two attached hydrogens (primary N) is 1. The van der Waals surface area contributed by atoms with Gasteiger partial charge in [0.15, 0.2) is 0 Å². The zero-order valence-electron chi connectivity index (χ0n) is 9.90. The molecule has 2 N–H and O–H groups in total. The molecule has 0 radical (unpaired) electrons. The third kappa shape index (κ3) is 3.12. The first-order valence-corrected chi connectivity index (χ1v) is 5.29. The Morgan fingerprint density at radius 1 is 1.16 bits per heavy atom. The van der Waals surface area contributed by atoms with Gasteiger partial charge in [-0.05, 0) is 25.1 Å². The molecule has 0 saturated heterocycles. The van der Waals surface area contributed by atoms with Crippen molar-refractivity contribution in [2.24, 2.45) is 0 Å². The van der Waals surface area contributed by atoms with Gasteiger partial charge in [0.1, 0.15) is 17.6 Å². The molecule has 0 atom stereocenters. The number of nitrogens with zero attached hydrogens (tertiary/aromatic N) is 2. The van der Waals surface area contributed by atoms with Crippen LogP contribution in [0, 0.1) is 6.92 Å². The summed E-state index contributed by atoms with van der Waals surface area (Å²) >= 11 is 0. The van der Waals surface area contributed by atoms with Gasteiger partial charge in [-0.1, -0.05) is 0 Å². The Labute approximate surface area is 107 Å². The molecule has 0 saturated carbocycles. The van der Waals surface area contributed by atoms with Gasteiger partial charge in [-0.2, -0.15) is 13.2 Å². The van der Waals surface area contributed by atoms with Gasteiger partial charge in [0.05, 0.1) is 0 Å². The second-order valence-corrected chi connectivity index (χ2v) is 3.85. The number of benzene rings is 1. The summed E-state index contributed by atoms with van der Waals surface area (Å²) in [5.41, 5.74) is 5.02. The standard InChI is InChI=1S/C12H10F3N3O/c1-7-4-11(18-6-17-7)19-10-3-2-8(16)5-9(10)12(13,14)15/h2-6H,16H2,1H3. The van der Waals surface area contributed by atoms with E-state index in [0.717, 1.165) is 12.1 Å². The first-order valence-electron chi connectivity index (χ1n) is 5.29. The van der Waals surface area contributed by atoms with E-state index < -0.39 is 11.7 Å². The molecule has 0 bridgehead atoms. The molecule has 0 aliphatic rings. The molecule has 1 aromatic carbocycles. The van der Waals surface area contributed by atoms with Gasteiger partial charge in [0.25, 0.3) is 0 Å². The van der Waals surface area contributed by atoms with Crippen molar-refractivity contribution in [3.05, 3.63) is 41.9 Å². The van der Waals surface area contributed by atoms with Gasteiger partial charge < -0.3 is 10.5 Å². The Morgan fingerprint density at radius 2 is 1.89 bits per heavy atom. The zero-order chi connectivity index (χ0) is 14.0. The second-order valence-electron chi connectivity index (χ2n) is 3.85. The number of alkyl halides is 3. The second kappa shape index (κ2) is 4.75. The van der Waals surface area contributed by atoms with Crippen molar-refractivity contribution < 1.29 is 17.9 Å². The maximum atomic E-state index is 12.8. The van der Waals surface area contributed by atoms with Crippen LogP contribution in [0.3, 0.4) is 0 Å². The van der Waals surface area contributed by atoms with Crippen LogP contribution in [0.5, 0.6) is 11.6 Å². The van der Waals surface area contributed by atoms with Crippen LogP contribution in [0.4, 0.5) is 18.9 Å². The average Bonchev–Trinajstić information content (AvgIpc) is 2.30. The molecule has 1 heterocycles. The Morgan fingerprint density at radius 3 is 2.53 bits per heavy atom. The van der Waals surface area contributed by atoms with E-state index in [9.17, 15) is 13.2 Å². The summed E-state index contributed by atoms with van der Waals surface area (Å²) in [6, 6.07) is 4.76. The van der Waals surface area contributed by atoms with Crippen molar-refractivity contribution in [2.45, 2.75) is 13.1 Å². The number of hydrogen-bond acceptors (Lipinski definition) is 4. The predicted molar refractivity (Wildman–Crippen MR) is 62.7 cm³/mol. The van der Waals surface area contributed by atoms with Gasteiger partial charge >= 0.3 is 6.18 Å². The number of halogens is 3. The fourth-order valence-corrected chi connectivity index (χ4v) is 1.46. The fraction of sp³-hybridized carbons (Fsp3) is 0.167. The highest BCUT2D eigenvalue weighted by Gasteiger charge is 2.34. The predicted octanol–water partition coefficient (Wildman–Crippen LogP) is 3.18. The normalized spacial score (nSPS) is 11.4. The summed E-state index contributed by atoms with van der Waals surface area (Å²) < 4.78 is 43.7. The van der Waals surface area contributed by atoms with E-state index in [1.165, 1.54) is 18.5 Å². The van der Waals surface area contributed by atoms with E-state index in [1.807, 2.05) is 0 Å². The van der Waals surface area contributed by atoms with Crippen LogP contribution in [0.2, 0.25) is 0 Å². The number of aryl methyl sites for hydroxylation is 1. The van der Waals surface area contributed by atoms with E-state index in [4.69, 9.17) is 10.5 Å². The van der Waals surface area contributed by atoms with Crippen LogP contribution in [-0.2, 0) is 6.18 Å². The topological polar surface area (TPSA) is 61.0 Å². The molecule has 0 spiro atoms. The molecule has 0 aliphatic carbocycles. The first-order chi connectivity index (χ1) is 8.86. The van der Waals surface area contributed by atoms with Gasteiger partial charge in [0, 0.05) is 17.4 Å². The minimum absolute atomic E-state index is 0.0125. The zero-order valence-corrected chi connectivity index (χ0v) is 9.90. The van der Waals surface area contributed by atoms with E-state index in [2.05, 4.69) is 9.97 Å². The Kier molecular flexibility index (Phi) is 3.28. The quantitative estimate of drug-likeness (QED) is 0.850. The van der Waals surface area contributed by atoms with Crippen LogP contribution in [0.25, 0.3) is 0 Å². The maximum absolute atomic E-state index is 12.8. The molecule has 2 rings (SSSR count). The molecule has 0 aliphatic heterocycles. The van der Waals surface area contributed by atoms with Crippen molar-refractivity contribution in [3.63, 3.8) is 0 Å². The SMILES string of the molecule is Cc1cc(Oc2ccc(N)cc2C(F)(F)F)ncn1. The highest BCUT2D eigenvalue weighted by Crippen LogP contribution is 2.38. The third-order valence-electron chi connectivity index (χ3n) is 2.30. The van der Waals surface area contributed by atoms with Crippen LogP contribution in [-0.4, -0.2) is 9.97 Å². The van der Waals surface area contributed by atoms with Crippen molar-refractivity contribution in [1.29, 1.82) is 0 Å². The smallest absolute Gasteiger partial charge is 0.420 e. The lowest BCUT2D eigenvalue weighted by molar-refractivity contribution is -0.138. The Balaban J connectivity index is 2.40. The molecule has 100 valence electrons. The molecule has 0 fully saturated rings. The van der Waals surface area contributed by atoms with E-state index >= 15 is 0 Å². The molecule has 0 amide bonds. The highest BCUT2D eigenvalue weighted by atomic mass is 19.4. The molecular formula is C12H10F3N3O. The highest BCUT2D eigenvalue weighted by molar-refractivity contribution is 5.50. The van der Waals surface area contributed by atoms with Gasteiger partial charge in [0.2, 0.25) is 5.88 Å². The summed E-state index contributed by atoms with van der Waals surface area (Å²) in [6.07, 6.45) is -3.33. The van der Waals surface area contributed by atoms with Gasteiger partial charge in [-0.15, -0.1) is 0 Å². The molecule has 2 aromatic rings. The monoisotopic (exact) mass is 269 g/mol. The number of nitrogen functional groups attached to an aromatic ring is 1. The average molecular weight is 269 g/mol. The van der Waals surface area contributed by atoms with E-state index in [-0.39, 0.29) is 17.3 Å². The lowest BCUT2D eigenvalue weighted by Gasteiger charge is -2.13. The molecular weight excluding hydrogens is 259 g/mol. The first kappa shape index (κ1) is 13.1. The molecule has 1 aromatic heterocycles. The number of anilines is 1. The summed E-state index contributed by atoms with van der Waals surface area (Å²) in [4.78, 5) is 7.58. The minimum Gasteiger partial charge on any atom is -0.438 e. The number of ether oxygens (including phenoxy) is 1. The molecule has 19 heavy (non-hydrogen) atoms. The maximum Gasteiger partial charge on any atom is 0.420 e. The number of aromatic nitrogens is 2. The van der Waals surface area contributed by atoms with Crippen LogP contribution >= 0.6 is 0 Å². The van der Waals surface area contributed by atoms with E-state index in [1.54, 1.807) is 6.92 Å². The van der Waals surface area contributed by atoms with Crippen molar-refractivity contribution >= 4 is 5.69 Å². The fourth-order valence-electron chi connectivity index (χ4n) is 1.46.